The van der Waals surface area contributed by atoms with E-state index in [2.05, 4.69) is 46.5 Å². The van der Waals surface area contributed by atoms with Crippen LogP contribution in [-0.2, 0) is 6.42 Å². The number of fused-ring (bicyclic) bond motifs is 3. The van der Waals surface area contributed by atoms with Crippen molar-refractivity contribution in [1.82, 2.24) is 9.78 Å². The Kier molecular flexibility index (Phi) is 2.69. The van der Waals surface area contributed by atoms with Gasteiger partial charge in [0.15, 0.2) is 5.82 Å². The van der Waals surface area contributed by atoms with Crippen LogP contribution in [0.1, 0.15) is 35.6 Å². The molecular formula is C16H20N4. The van der Waals surface area contributed by atoms with Crippen molar-refractivity contribution in [2.45, 2.75) is 32.2 Å². The fraction of sp³-hybridized carbons (Fsp3) is 0.438. The molecule has 0 radical (unpaired) electrons. The summed E-state index contributed by atoms with van der Waals surface area (Å²) in [5.41, 5.74) is 4.04. The van der Waals surface area contributed by atoms with E-state index in [0.717, 1.165) is 31.7 Å². The highest BCUT2D eigenvalue weighted by Crippen LogP contribution is 2.36. The van der Waals surface area contributed by atoms with Gasteiger partial charge in [0.1, 0.15) is 5.82 Å². The molecule has 4 rings (SSSR count). The number of aryl methyl sites for hydroxylation is 1. The lowest BCUT2D eigenvalue weighted by Gasteiger charge is -2.26. The van der Waals surface area contributed by atoms with Crippen LogP contribution in [0.25, 0.3) is 0 Å². The van der Waals surface area contributed by atoms with E-state index in [9.17, 15) is 0 Å². The lowest BCUT2D eigenvalue weighted by atomic mass is 10.0. The number of rotatable bonds is 1. The summed E-state index contributed by atoms with van der Waals surface area (Å²) in [6, 6.07) is 9.23. The Hall–Kier alpha value is -1.97. The molecule has 1 aromatic heterocycles. The molecule has 1 atom stereocenters. The number of anilines is 2. The third-order valence-corrected chi connectivity index (χ3v) is 4.37. The Labute approximate surface area is 119 Å². The van der Waals surface area contributed by atoms with E-state index in [4.69, 9.17) is 5.10 Å². The van der Waals surface area contributed by atoms with Crippen LogP contribution < -0.4 is 10.6 Å². The second-order valence-corrected chi connectivity index (χ2v) is 5.79. The van der Waals surface area contributed by atoms with Crippen molar-refractivity contribution < 1.29 is 0 Å². The number of benzene rings is 1. The summed E-state index contributed by atoms with van der Waals surface area (Å²) in [6.07, 6.45) is 3.42. The molecule has 0 bridgehead atoms. The van der Waals surface area contributed by atoms with Crippen molar-refractivity contribution in [1.29, 1.82) is 0 Å². The van der Waals surface area contributed by atoms with Gasteiger partial charge >= 0.3 is 0 Å². The maximum absolute atomic E-state index is 4.81. The number of nitrogens with one attached hydrogen (secondary N) is 2. The molecule has 20 heavy (non-hydrogen) atoms. The first-order valence-electron chi connectivity index (χ1n) is 7.48. The third kappa shape index (κ3) is 1.79. The lowest BCUT2D eigenvalue weighted by molar-refractivity contribution is 0.483. The molecular weight excluding hydrogens is 248 g/mol. The molecule has 2 aliphatic rings. The zero-order valence-corrected chi connectivity index (χ0v) is 11.8. The van der Waals surface area contributed by atoms with Crippen LogP contribution in [0.3, 0.4) is 0 Å². The fourth-order valence-electron chi connectivity index (χ4n) is 3.28. The van der Waals surface area contributed by atoms with Gasteiger partial charge in [-0.3, -0.25) is 0 Å². The molecule has 0 spiro atoms. The van der Waals surface area contributed by atoms with Crippen LogP contribution in [0.5, 0.6) is 0 Å². The van der Waals surface area contributed by atoms with Gasteiger partial charge < -0.3 is 10.6 Å². The SMILES string of the molecule is Cc1ccc(C2CCNc3c4c(nn32)NCCC4)cc1. The highest BCUT2D eigenvalue weighted by atomic mass is 15.4. The van der Waals surface area contributed by atoms with Crippen molar-refractivity contribution in [2.24, 2.45) is 0 Å². The number of hydrogen-bond donors (Lipinski definition) is 2. The molecule has 0 amide bonds. The molecule has 1 aromatic carbocycles. The van der Waals surface area contributed by atoms with Gasteiger partial charge in [-0.15, -0.1) is 0 Å². The maximum atomic E-state index is 4.81. The molecule has 2 aliphatic heterocycles. The van der Waals surface area contributed by atoms with E-state index < -0.39 is 0 Å². The molecule has 3 heterocycles. The Balaban J connectivity index is 1.78. The van der Waals surface area contributed by atoms with Gasteiger partial charge in [-0.05, 0) is 31.7 Å². The zero-order chi connectivity index (χ0) is 13.5. The average Bonchev–Trinajstić information content (AvgIpc) is 2.87. The largest absolute Gasteiger partial charge is 0.370 e. The van der Waals surface area contributed by atoms with Crippen LogP contribution in [0, 0.1) is 6.92 Å². The van der Waals surface area contributed by atoms with Crippen molar-refractivity contribution in [3.8, 4) is 0 Å². The Morgan fingerprint density at radius 2 is 2.00 bits per heavy atom. The summed E-state index contributed by atoms with van der Waals surface area (Å²) in [5, 5.41) is 11.8. The van der Waals surface area contributed by atoms with Crippen molar-refractivity contribution in [3.05, 3.63) is 41.0 Å². The summed E-state index contributed by atoms with van der Waals surface area (Å²) in [7, 11) is 0. The lowest BCUT2D eigenvalue weighted by Crippen LogP contribution is -2.24. The minimum Gasteiger partial charge on any atom is -0.370 e. The normalized spacial score (nSPS) is 20.6. The van der Waals surface area contributed by atoms with Crippen molar-refractivity contribution in [2.75, 3.05) is 23.7 Å². The molecule has 0 saturated heterocycles. The van der Waals surface area contributed by atoms with Gasteiger partial charge in [-0.1, -0.05) is 29.8 Å². The van der Waals surface area contributed by atoms with Crippen LogP contribution in [0.2, 0.25) is 0 Å². The summed E-state index contributed by atoms with van der Waals surface area (Å²) in [4.78, 5) is 0. The minimum atomic E-state index is 0.360. The van der Waals surface area contributed by atoms with Crippen LogP contribution in [0.4, 0.5) is 11.6 Å². The molecule has 2 aromatic rings. The van der Waals surface area contributed by atoms with Gasteiger partial charge in [-0.2, -0.15) is 5.10 Å². The predicted octanol–water partition coefficient (Wildman–Crippen LogP) is 2.95. The monoisotopic (exact) mass is 268 g/mol. The quantitative estimate of drug-likeness (QED) is 0.835. The number of nitrogens with zero attached hydrogens (tertiary/aromatic N) is 2. The maximum Gasteiger partial charge on any atom is 0.153 e. The molecule has 4 heteroatoms. The summed E-state index contributed by atoms with van der Waals surface area (Å²) < 4.78 is 2.19. The first-order valence-corrected chi connectivity index (χ1v) is 7.48. The van der Waals surface area contributed by atoms with Gasteiger partial charge in [0, 0.05) is 18.7 Å². The standard InChI is InChI=1S/C16H20N4/c1-11-4-6-12(7-5-11)14-8-10-18-16-13-3-2-9-17-15(13)19-20(14)16/h4-7,14,18H,2-3,8-10H2,1H3,(H,17,19). The van der Waals surface area contributed by atoms with E-state index >= 15 is 0 Å². The van der Waals surface area contributed by atoms with Crippen LogP contribution in [0.15, 0.2) is 24.3 Å². The van der Waals surface area contributed by atoms with Gasteiger partial charge in [0.05, 0.1) is 6.04 Å². The van der Waals surface area contributed by atoms with E-state index in [1.54, 1.807) is 0 Å². The van der Waals surface area contributed by atoms with Crippen LogP contribution in [-0.4, -0.2) is 22.9 Å². The number of aromatic nitrogens is 2. The molecule has 4 nitrogen and oxygen atoms in total. The first-order chi connectivity index (χ1) is 9.83. The third-order valence-electron chi connectivity index (χ3n) is 4.37. The first kappa shape index (κ1) is 11.8. The second kappa shape index (κ2) is 4.54. The van der Waals surface area contributed by atoms with Crippen molar-refractivity contribution in [3.63, 3.8) is 0 Å². The second-order valence-electron chi connectivity index (χ2n) is 5.79. The Bertz CT molecular complexity index is 627. The highest BCUT2D eigenvalue weighted by Gasteiger charge is 2.28. The summed E-state index contributed by atoms with van der Waals surface area (Å²) in [6.45, 7) is 4.20. The van der Waals surface area contributed by atoms with Gasteiger partial charge in [-0.25, -0.2) is 4.68 Å². The zero-order valence-electron chi connectivity index (χ0n) is 11.8. The molecule has 104 valence electrons. The van der Waals surface area contributed by atoms with Gasteiger partial charge in [0.25, 0.3) is 0 Å². The molecule has 0 aliphatic carbocycles. The van der Waals surface area contributed by atoms with Gasteiger partial charge in [0.2, 0.25) is 0 Å². The molecule has 0 fully saturated rings. The number of hydrogen-bond acceptors (Lipinski definition) is 3. The highest BCUT2D eigenvalue weighted by molar-refractivity contribution is 5.62. The Morgan fingerprint density at radius 1 is 1.15 bits per heavy atom. The van der Waals surface area contributed by atoms with E-state index in [-0.39, 0.29) is 0 Å². The van der Waals surface area contributed by atoms with E-state index in [1.165, 1.54) is 28.9 Å². The molecule has 1 unspecified atom stereocenters. The average molecular weight is 268 g/mol. The Morgan fingerprint density at radius 3 is 2.85 bits per heavy atom. The fourth-order valence-corrected chi connectivity index (χ4v) is 3.28. The summed E-state index contributed by atoms with van der Waals surface area (Å²) in [5.74, 6) is 2.31. The predicted molar refractivity (Wildman–Crippen MR) is 81.5 cm³/mol. The summed E-state index contributed by atoms with van der Waals surface area (Å²) >= 11 is 0. The topological polar surface area (TPSA) is 41.9 Å². The van der Waals surface area contributed by atoms with Crippen LogP contribution >= 0.6 is 0 Å². The smallest absolute Gasteiger partial charge is 0.153 e. The molecule has 2 N–H and O–H groups in total. The van der Waals surface area contributed by atoms with Crippen molar-refractivity contribution >= 4 is 11.6 Å². The minimum absolute atomic E-state index is 0.360. The molecule has 0 saturated carbocycles. The van der Waals surface area contributed by atoms with E-state index in [0.29, 0.717) is 6.04 Å². The van der Waals surface area contributed by atoms with E-state index in [1.807, 2.05) is 0 Å².